The van der Waals surface area contributed by atoms with Crippen molar-refractivity contribution in [3.8, 4) is 0 Å². The third-order valence-corrected chi connectivity index (χ3v) is 2.07. The van der Waals surface area contributed by atoms with E-state index in [0.29, 0.717) is 18.8 Å². The summed E-state index contributed by atoms with van der Waals surface area (Å²) in [6.45, 7) is 2.36. The zero-order valence-electron chi connectivity index (χ0n) is 10.0. The van der Waals surface area contributed by atoms with Crippen LogP contribution in [0.5, 0.6) is 0 Å². The van der Waals surface area contributed by atoms with Gasteiger partial charge in [-0.05, 0) is 12.5 Å². The lowest BCUT2D eigenvalue weighted by Gasteiger charge is -2.11. The van der Waals surface area contributed by atoms with Crippen LogP contribution in [0.4, 0.5) is 5.82 Å². The number of hydrogen-bond donors (Lipinski definition) is 1. The molecule has 1 amide bonds. The molecule has 0 unspecified atom stereocenters. The molecule has 0 aromatic carbocycles. The number of rotatable bonds is 5. The van der Waals surface area contributed by atoms with Crippen molar-refractivity contribution >= 4 is 11.7 Å². The van der Waals surface area contributed by atoms with E-state index >= 15 is 0 Å². The zero-order valence-corrected chi connectivity index (χ0v) is 10.0. The third kappa shape index (κ3) is 3.84. The van der Waals surface area contributed by atoms with Gasteiger partial charge in [0.2, 0.25) is 5.91 Å². The fourth-order valence-corrected chi connectivity index (χ4v) is 1.22. The Balaban J connectivity index is 2.54. The van der Waals surface area contributed by atoms with Crippen molar-refractivity contribution in [2.45, 2.75) is 26.3 Å². The molecule has 0 atom stereocenters. The Morgan fingerprint density at radius 3 is 2.88 bits per heavy atom. The lowest BCUT2D eigenvalue weighted by Crippen LogP contribution is -2.23. The molecule has 1 aromatic heterocycles. The molecule has 1 rings (SSSR count). The Labute approximate surface area is 95.9 Å². The summed E-state index contributed by atoms with van der Waals surface area (Å²) in [6.07, 6.45) is 3.10. The first-order valence-electron chi connectivity index (χ1n) is 5.39. The predicted octanol–water partition coefficient (Wildman–Crippen LogP) is 0.959. The van der Waals surface area contributed by atoms with E-state index in [4.69, 9.17) is 0 Å². The van der Waals surface area contributed by atoms with Crippen LogP contribution < -0.4 is 10.2 Å². The lowest BCUT2D eigenvalue weighted by molar-refractivity contribution is -0.121. The summed E-state index contributed by atoms with van der Waals surface area (Å²) in [5, 5.41) is 2.78. The highest BCUT2D eigenvalue weighted by Gasteiger charge is 2.03. The Bertz CT molecular complexity index is 352. The number of aromatic nitrogens is 2. The molecule has 0 aliphatic heterocycles. The lowest BCUT2D eigenvalue weighted by atomic mass is 10.3. The highest BCUT2D eigenvalue weighted by atomic mass is 16.1. The van der Waals surface area contributed by atoms with Gasteiger partial charge in [-0.25, -0.2) is 9.97 Å². The van der Waals surface area contributed by atoms with Gasteiger partial charge >= 0.3 is 0 Å². The Morgan fingerprint density at radius 2 is 2.25 bits per heavy atom. The standard InChI is InChI=1S/C11H18N4O/c1-4-5-11(16)13-8-9-12-7-6-10(14-9)15(2)3/h6-7H,4-5,8H2,1-3H3,(H,13,16). The molecule has 0 spiro atoms. The Hall–Kier alpha value is -1.65. The zero-order chi connectivity index (χ0) is 12.0. The fourth-order valence-electron chi connectivity index (χ4n) is 1.22. The number of hydrogen-bond acceptors (Lipinski definition) is 4. The van der Waals surface area contributed by atoms with E-state index in [-0.39, 0.29) is 5.91 Å². The summed E-state index contributed by atoms with van der Waals surface area (Å²) in [5.74, 6) is 1.52. The van der Waals surface area contributed by atoms with Gasteiger partial charge in [0.25, 0.3) is 0 Å². The van der Waals surface area contributed by atoms with Crippen LogP contribution in [0.3, 0.4) is 0 Å². The van der Waals surface area contributed by atoms with Gasteiger partial charge in [0.05, 0.1) is 6.54 Å². The number of carbonyl (C=O) groups is 1. The molecule has 16 heavy (non-hydrogen) atoms. The maximum Gasteiger partial charge on any atom is 0.220 e. The van der Waals surface area contributed by atoms with Gasteiger partial charge in [-0.3, -0.25) is 4.79 Å². The average Bonchev–Trinajstić information content (AvgIpc) is 2.27. The molecule has 0 bridgehead atoms. The minimum Gasteiger partial charge on any atom is -0.363 e. The second-order valence-corrected chi connectivity index (χ2v) is 3.75. The van der Waals surface area contributed by atoms with Gasteiger partial charge in [0.15, 0.2) is 0 Å². The van der Waals surface area contributed by atoms with E-state index in [1.165, 1.54) is 0 Å². The molecule has 1 N–H and O–H groups in total. The highest BCUT2D eigenvalue weighted by molar-refractivity contribution is 5.75. The van der Waals surface area contributed by atoms with E-state index in [0.717, 1.165) is 12.2 Å². The fraction of sp³-hybridized carbons (Fsp3) is 0.545. The Kier molecular flexibility index (Phi) is 4.69. The van der Waals surface area contributed by atoms with Gasteiger partial charge in [-0.2, -0.15) is 0 Å². The summed E-state index contributed by atoms with van der Waals surface area (Å²) in [4.78, 5) is 21.6. The molecule has 0 aliphatic rings. The molecule has 5 heteroatoms. The van der Waals surface area contributed by atoms with Crippen LogP contribution in [0, 0.1) is 0 Å². The van der Waals surface area contributed by atoms with E-state index in [1.807, 2.05) is 32.0 Å². The molecule has 0 aliphatic carbocycles. The van der Waals surface area contributed by atoms with Crippen molar-refractivity contribution in [3.63, 3.8) is 0 Å². The van der Waals surface area contributed by atoms with Gasteiger partial charge in [-0.15, -0.1) is 0 Å². The number of nitrogens with zero attached hydrogens (tertiary/aromatic N) is 3. The van der Waals surface area contributed by atoms with Crippen LogP contribution in [-0.4, -0.2) is 30.0 Å². The largest absolute Gasteiger partial charge is 0.363 e. The topological polar surface area (TPSA) is 58.1 Å². The first kappa shape index (κ1) is 12.4. The van der Waals surface area contributed by atoms with E-state index in [2.05, 4.69) is 15.3 Å². The van der Waals surface area contributed by atoms with Gasteiger partial charge in [-0.1, -0.05) is 6.92 Å². The Morgan fingerprint density at radius 1 is 1.50 bits per heavy atom. The molecule has 1 heterocycles. The van der Waals surface area contributed by atoms with E-state index in [1.54, 1.807) is 6.20 Å². The number of amides is 1. The van der Waals surface area contributed by atoms with Crippen molar-refractivity contribution in [1.29, 1.82) is 0 Å². The van der Waals surface area contributed by atoms with Crippen LogP contribution in [0.1, 0.15) is 25.6 Å². The third-order valence-electron chi connectivity index (χ3n) is 2.07. The van der Waals surface area contributed by atoms with Gasteiger partial charge in [0, 0.05) is 26.7 Å². The van der Waals surface area contributed by atoms with Crippen LogP contribution in [0.2, 0.25) is 0 Å². The maximum atomic E-state index is 11.3. The second-order valence-electron chi connectivity index (χ2n) is 3.75. The summed E-state index contributed by atoms with van der Waals surface area (Å²) >= 11 is 0. The van der Waals surface area contributed by atoms with Crippen LogP contribution in [-0.2, 0) is 11.3 Å². The number of nitrogens with one attached hydrogen (secondary N) is 1. The summed E-state index contributed by atoms with van der Waals surface area (Å²) in [7, 11) is 3.84. The highest BCUT2D eigenvalue weighted by Crippen LogP contribution is 2.04. The smallest absolute Gasteiger partial charge is 0.220 e. The summed E-state index contributed by atoms with van der Waals surface area (Å²) in [5.41, 5.74) is 0. The van der Waals surface area contributed by atoms with E-state index in [9.17, 15) is 4.79 Å². The maximum absolute atomic E-state index is 11.3. The van der Waals surface area contributed by atoms with Crippen molar-refractivity contribution in [2.24, 2.45) is 0 Å². The molecule has 1 aromatic rings. The first-order chi connectivity index (χ1) is 7.63. The van der Waals surface area contributed by atoms with Crippen LogP contribution >= 0.6 is 0 Å². The average molecular weight is 222 g/mol. The summed E-state index contributed by atoms with van der Waals surface area (Å²) in [6, 6.07) is 1.83. The molecular weight excluding hydrogens is 204 g/mol. The van der Waals surface area contributed by atoms with Crippen LogP contribution in [0.25, 0.3) is 0 Å². The normalized spacial score (nSPS) is 9.94. The van der Waals surface area contributed by atoms with Crippen molar-refractivity contribution in [1.82, 2.24) is 15.3 Å². The monoisotopic (exact) mass is 222 g/mol. The van der Waals surface area contributed by atoms with Crippen LogP contribution in [0.15, 0.2) is 12.3 Å². The van der Waals surface area contributed by atoms with Crippen molar-refractivity contribution < 1.29 is 4.79 Å². The molecule has 0 radical (unpaired) electrons. The molecule has 0 saturated heterocycles. The quantitative estimate of drug-likeness (QED) is 0.806. The van der Waals surface area contributed by atoms with Crippen molar-refractivity contribution in [3.05, 3.63) is 18.1 Å². The molecule has 0 saturated carbocycles. The first-order valence-corrected chi connectivity index (χ1v) is 5.39. The minimum atomic E-state index is 0.0429. The van der Waals surface area contributed by atoms with E-state index < -0.39 is 0 Å². The molecule has 88 valence electrons. The minimum absolute atomic E-state index is 0.0429. The van der Waals surface area contributed by atoms with Gasteiger partial charge < -0.3 is 10.2 Å². The number of anilines is 1. The van der Waals surface area contributed by atoms with Crippen molar-refractivity contribution in [2.75, 3.05) is 19.0 Å². The molecular formula is C11H18N4O. The summed E-state index contributed by atoms with van der Waals surface area (Å²) < 4.78 is 0. The molecule has 5 nitrogen and oxygen atoms in total. The van der Waals surface area contributed by atoms with Gasteiger partial charge in [0.1, 0.15) is 11.6 Å². The molecule has 0 fully saturated rings. The predicted molar refractivity (Wildman–Crippen MR) is 63.1 cm³/mol. The second kappa shape index (κ2) is 6.05. The SMILES string of the molecule is CCCC(=O)NCc1nccc(N(C)C)n1. The number of carbonyl (C=O) groups excluding carboxylic acids is 1.